The van der Waals surface area contributed by atoms with Crippen molar-refractivity contribution in [3.63, 3.8) is 0 Å². The third kappa shape index (κ3) is 4.34. The van der Waals surface area contributed by atoms with Crippen molar-refractivity contribution in [1.29, 1.82) is 0 Å². The fourth-order valence-corrected chi connectivity index (χ4v) is 7.17. The van der Waals surface area contributed by atoms with Gasteiger partial charge in [0, 0.05) is 17.7 Å². The Morgan fingerprint density at radius 3 is 2.63 bits per heavy atom. The molecule has 2 saturated heterocycles. The molecule has 0 aromatic rings. The third-order valence-electron chi connectivity index (χ3n) is 7.63. The first kappa shape index (κ1) is 22.6. The molecule has 7 unspecified atom stereocenters. The number of nitrogens with zero attached hydrogens (tertiary/aromatic N) is 2. The average molecular weight is 453 g/mol. The molecule has 4 rings (SSSR count). The van der Waals surface area contributed by atoms with Crippen molar-refractivity contribution in [2.75, 3.05) is 20.3 Å². The van der Waals surface area contributed by atoms with Crippen molar-refractivity contribution in [3.05, 3.63) is 0 Å². The van der Waals surface area contributed by atoms with Crippen molar-refractivity contribution in [2.24, 2.45) is 23.7 Å². The molecule has 4 fully saturated rings. The van der Waals surface area contributed by atoms with Crippen LogP contribution in [0.5, 0.6) is 0 Å². The maximum atomic E-state index is 14.9. The molecule has 1 amide bonds. The highest BCUT2D eigenvalue weighted by Gasteiger charge is 2.56. The standard InChI is InChI=1S/C20H32F4N4OS/c1-11(30-19-26-25-10-27(19)2)12-6-7-16(21)17(8-12)28-9-14-13(18(28)29)4-3-5-15(14)20(22,23)24/h11-17,19,25-26H,3-10H2,1-2H3/t11-,12?,13?,14?,15?,16?,17?,19?/m0/s1. The molecule has 0 aromatic heterocycles. The predicted octanol–water partition coefficient (Wildman–Crippen LogP) is 3.33. The number of hydrogen-bond acceptors (Lipinski definition) is 5. The van der Waals surface area contributed by atoms with E-state index in [9.17, 15) is 22.4 Å². The molecule has 0 bridgehead atoms. The largest absolute Gasteiger partial charge is 0.392 e. The molecule has 2 aliphatic heterocycles. The van der Waals surface area contributed by atoms with E-state index in [0.29, 0.717) is 25.7 Å². The highest BCUT2D eigenvalue weighted by Crippen LogP contribution is 2.49. The number of alkyl halides is 4. The van der Waals surface area contributed by atoms with E-state index in [-0.39, 0.29) is 35.5 Å². The maximum Gasteiger partial charge on any atom is 0.392 e. The Hall–Kier alpha value is -0.580. The van der Waals surface area contributed by atoms with Gasteiger partial charge in [-0.15, -0.1) is 11.8 Å². The normalized spacial score (nSPS) is 41.9. The number of carbonyl (C=O) groups excluding carboxylic acids is 1. The zero-order valence-electron chi connectivity index (χ0n) is 17.5. The van der Waals surface area contributed by atoms with E-state index in [1.54, 1.807) is 11.8 Å². The minimum absolute atomic E-state index is 0.0594. The van der Waals surface area contributed by atoms with E-state index in [0.717, 1.165) is 13.1 Å². The maximum absolute atomic E-state index is 14.9. The summed E-state index contributed by atoms with van der Waals surface area (Å²) >= 11 is 1.77. The van der Waals surface area contributed by atoms with Crippen LogP contribution in [0.3, 0.4) is 0 Å². The van der Waals surface area contributed by atoms with Crippen molar-refractivity contribution in [1.82, 2.24) is 20.7 Å². The van der Waals surface area contributed by atoms with Crippen LogP contribution in [-0.4, -0.2) is 65.1 Å². The van der Waals surface area contributed by atoms with Crippen LogP contribution in [0.1, 0.15) is 45.4 Å². The Morgan fingerprint density at radius 1 is 1.20 bits per heavy atom. The first-order chi connectivity index (χ1) is 14.2. The molecular weight excluding hydrogens is 420 g/mol. The molecule has 172 valence electrons. The minimum Gasteiger partial charge on any atom is -0.336 e. The van der Waals surface area contributed by atoms with E-state index in [2.05, 4.69) is 22.7 Å². The van der Waals surface area contributed by atoms with Crippen molar-refractivity contribution < 1.29 is 22.4 Å². The van der Waals surface area contributed by atoms with Gasteiger partial charge in [-0.1, -0.05) is 13.3 Å². The van der Waals surface area contributed by atoms with Crippen LogP contribution in [-0.2, 0) is 4.79 Å². The molecule has 0 radical (unpaired) electrons. The number of likely N-dealkylation sites (tertiary alicyclic amines) is 1. The molecule has 4 aliphatic rings. The molecule has 2 aliphatic carbocycles. The molecule has 0 aromatic carbocycles. The molecular formula is C20H32F4N4OS. The van der Waals surface area contributed by atoms with Gasteiger partial charge in [-0.3, -0.25) is 9.69 Å². The van der Waals surface area contributed by atoms with Crippen molar-refractivity contribution in [3.8, 4) is 0 Å². The van der Waals surface area contributed by atoms with Gasteiger partial charge in [-0.25, -0.2) is 15.2 Å². The summed E-state index contributed by atoms with van der Waals surface area (Å²) in [6.07, 6.45) is -2.80. The van der Waals surface area contributed by atoms with E-state index >= 15 is 0 Å². The van der Waals surface area contributed by atoms with Gasteiger partial charge in [0.2, 0.25) is 5.91 Å². The number of fused-ring (bicyclic) bond motifs is 1. The smallest absolute Gasteiger partial charge is 0.336 e. The van der Waals surface area contributed by atoms with Crippen LogP contribution in [0.25, 0.3) is 0 Å². The third-order valence-corrected chi connectivity index (χ3v) is 9.18. The number of halogens is 4. The number of thioether (sulfide) groups is 1. The molecule has 8 atom stereocenters. The van der Waals surface area contributed by atoms with Crippen LogP contribution in [0.4, 0.5) is 17.6 Å². The zero-order valence-corrected chi connectivity index (χ0v) is 18.3. The SMILES string of the molecule is C[C@H](SC1NNCN1C)C1CCC(F)C(N2CC3C(CCCC3C(F)(F)F)C2=O)C1. The lowest BCUT2D eigenvalue weighted by atomic mass is 9.73. The van der Waals surface area contributed by atoms with Gasteiger partial charge in [0.05, 0.1) is 18.6 Å². The second kappa shape index (κ2) is 8.75. The van der Waals surface area contributed by atoms with Gasteiger partial charge in [0.1, 0.15) is 11.7 Å². The second-order valence-corrected chi connectivity index (χ2v) is 10.9. The quantitative estimate of drug-likeness (QED) is 0.641. The highest BCUT2D eigenvalue weighted by atomic mass is 32.2. The number of nitrogens with one attached hydrogen (secondary N) is 2. The summed E-state index contributed by atoms with van der Waals surface area (Å²) in [6.45, 7) is 2.93. The highest BCUT2D eigenvalue weighted by molar-refractivity contribution is 8.00. The first-order valence-corrected chi connectivity index (χ1v) is 12.0. The van der Waals surface area contributed by atoms with Crippen molar-refractivity contribution >= 4 is 17.7 Å². The Morgan fingerprint density at radius 2 is 1.97 bits per heavy atom. The summed E-state index contributed by atoms with van der Waals surface area (Å²) < 4.78 is 55.5. The van der Waals surface area contributed by atoms with Crippen LogP contribution in [0.2, 0.25) is 0 Å². The molecule has 2 heterocycles. The zero-order chi connectivity index (χ0) is 21.6. The average Bonchev–Trinajstić information content (AvgIpc) is 3.24. The lowest BCUT2D eigenvalue weighted by Gasteiger charge is -2.40. The van der Waals surface area contributed by atoms with Crippen LogP contribution in [0.15, 0.2) is 0 Å². The van der Waals surface area contributed by atoms with Gasteiger partial charge in [0.15, 0.2) is 0 Å². The molecule has 2 saturated carbocycles. The van der Waals surface area contributed by atoms with Gasteiger partial charge in [0.25, 0.3) is 0 Å². The van der Waals surface area contributed by atoms with Crippen LogP contribution >= 0.6 is 11.8 Å². The minimum atomic E-state index is -4.29. The monoisotopic (exact) mass is 452 g/mol. The Kier molecular flexibility index (Phi) is 6.59. The van der Waals surface area contributed by atoms with E-state index < -0.39 is 36.1 Å². The lowest BCUT2D eigenvalue weighted by molar-refractivity contribution is -0.198. The topological polar surface area (TPSA) is 47.6 Å². The number of carbonyl (C=O) groups is 1. The van der Waals surface area contributed by atoms with Gasteiger partial charge in [-0.2, -0.15) is 13.2 Å². The van der Waals surface area contributed by atoms with Crippen LogP contribution in [0, 0.1) is 23.7 Å². The fourth-order valence-electron chi connectivity index (χ4n) is 5.86. The number of hydrazine groups is 1. The van der Waals surface area contributed by atoms with Crippen LogP contribution < -0.4 is 10.9 Å². The number of rotatable bonds is 4. The van der Waals surface area contributed by atoms with E-state index in [1.165, 1.54) is 4.90 Å². The fraction of sp³-hybridized carbons (Fsp3) is 0.950. The lowest BCUT2D eigenvalue weighted by Crippen LogP contribution is -2.48. The van der Waals surface area contributed by atoms with Crippen molar-refractivity contribution in [2.45, 2.75) is 74.6 Å². The van der Waals surface area contributed by atoms with Gasteiger partial charge >= 0.3 is 6.18 Å². The number of amides is 1. The number of hydrogen-bond donors (Lipinski definition) is 2. The Balaban J connectivity index is 1.44. The van der Waals surface area contributed by atoms with Gasteiger partial charge < -0.3 is 4.90 Å². The summed E-state index contributed by atoms with van der Waals surface area (Å²) in [7, 11) is 2.01. The van der Waals surface area contributed by atoms with E-state index in [1.807, 2.05) is 7.05 Å². The molecule has 5 nitrogen and oxygen atoms in total. The molecule has 30 heavy (non-hydrogen) atoms. The Labute approximate surface area is 179 Å². The predicted molar refractivity (Wildman–Crippen MR) is 108 cm³/mol. The van der Waals surface area contributed by atoms with E-state index in [4.69, 9.17) is 0 Å². The molecule has 10 heteroatoms. The first-order valence-electron chi connectivity index (χ1n) is 11.0. The second-order valence-electron chi connectivity index (χ2n) is 9.43. The summed E-state index contributed by atoms with van der Waals surface area (Å²) in [5, 5.41) is 0.253. The van der Waals surface area contributed by atoms with Gasteiger partial charge in [-0.05, 0) is 51.0 Å². The summed E-state index contributed by atoms with van der Waals surface area (Å²) in [5.41, 5.74) is 6.43. The summed E-state index contributed by atoms with van der Waals surface area (Å²) in [5.74, 6) is -2.76. The Bertz CT molecular complexity index is 638. The summed E-state index contributed by atoms with van der Waals surface area (Å²) in [4.78, 5) is 16.7. The summed E-state index contributed by atoms with van der Waals surface area (Å²) in [6, 6.07) is -0.592. The molecule has 0 spiro atoms. The molecule has 2 N–H and O–H groups in total.